The fourth-order valence-corrected chi connectivity index (χ4v) is 2.56. The van der Waals surface area contributed by atoms with Crippen LogP contribution >= 0.6 is 15.9 Å². The molecule has 6 heteroatoms. The first kappa shape index (κ1) is 13.3. The van der Waals surface area contributed by atoms with Gasteiger partial charge in [-0.1, -0.05) is 0 Å². The Morgan fingerprint density at radius 1 is 1.56 bits per heavy atom. The number of anilines is 2. The number of carbonyl (C=O) groups is 1. The molecule has 1 amide bonds. The molecule has 0 fully saturated rings. The third-order valence-corrected chi connectivity index (χ3v) is 3.60. The zero-order valence-electron chi connectivity index (χ0n) is 10.2. The second-order valence-electron chi connectivity index (χ2n) is 4.20. The Bertz CT molecular complexity index is 479. The van der Waals surface area contributed by atoms with E-state index in [2.05, 4.69) is 21.2 Å². The van der Waals surface area contributed by atoms with Gasteiger partial charge in [0.05, 0.1) is 12.3 Å². The molecular formula is C12H15BrN2O3. The number of carbonyl (C=O) groups excluding carboxylic acids is 1. The van der Waals surface area contributed by atoms with Crippen molar-refractivity contribution >= 4 is 33.2 Å². The molecule has 2 N–H and O–H groups in total. The number of likely N-dealkylation sites (N-methyl/N-ethyl adjacent to an activating group) is 1. The van der Waals surface area contributed by atoms with Crippen molar-refractivity contribution in [1.82, 2.24) is 0 Å². The van der Waals surface area contributed by atoms with Gasteiger partial charge in [0.15, 0.2) is 6.10 Å². The summed E-state index contributed by atoms with van der Waals surface area (Å²) in [7, 11) is 3.60. The van der Waals surface area contributed by atoms with Crippen LogP contribution in [-0.2, 0) is 9.53 Å². The lowest BCUT2D eigenvalue weighted by Gasteiger charge is -2.21. The van der Waals surface area contributed by atoms with Gasteiger partial charge in [-0.25, -0.2) is 0 Å². The van der Waals surface area contributed by atoms with Gasteiger partial charge in [-0.05, 0) is 28.1 Å². The van der Waals surface area contributed by atoms with Crippen LogP contribution in [-0.4, -0.2) is 38.3 Å². The largest absolute Gasteiger partial charge is 0.383 e. The number of aliphatic hydroxyl groups excluding tert-OH is 1. The van der Waals surface area contributed by atoms with Crippen molar-refractivity contribution in [3.8, 4) is 0 Å². The smallest absolute Gasteiger partial charge is 0.257 e. The molecule has 1 aromatic carbocycles. The minimum Gasteiger partial charge on any atom is -0.383 e. The Kier molecular flexibility index (Phi) is 3.89. The number of halogens is 1. The van der Waals surface area contributed by atoms with E-state index in [1.54, 1.807) is 13.2 Å². The maximum atomic E-state index is 11.4. The van der Waals surface area contributed by atoms with E-state index in [0.717, 1.165) is 16.7 Å². The number of benzene rings is 1. The van der Waals surface area contributed by atoms with Gasteiger partial charge in [-0.15, -0.1) is 0 Å². The molecule has 1 aliphatic heterocycles. The van der Waals surface area contributed by atoms with E-state index in [1.165, 1.54) is 0 Å². The van der Waals surface area contributed by atoms with E-state index in [4.69, 9.17) is 4.74 Å². The molecule has 1 atom stereocenters. The number of rotatable bonds is 4. The Hall–Kier alpha value is -1.11. The van der Waals surface area contributed by atoms with Gasteiger partial charge in [0, 0.05) is 36.4 Å². The van der Waals surface area contributed by atoms with Crippen LogP contribution in [0.25, 0.3) is 0 Å². The van der Waals surface area contributed by atoms with Crippen molar-refractivity contribution in [1.29, 1.82) is 0 Å². The molecule has 1 unspecified atom stereocenters. The summed E-state index contributed by atoms with van der Waals surface area (Å²) in [5, 5.41) is 12.3. The van der Waals surface area contributed by atoms with E-state index in [-0.39, 0.29) is 5.91 Å². The number of nitrogens with zero attached hydrogens (tertiary/aromatic N) is 1. The van der Waals surface area contributed by atoms with Crippen LogP contribution in [0, 0.1) is 0 Å². The number of hydrogen-bond donors (Lipinski definition) is 2. The number of ether oxygens (including phenoxy) is 1. The number of amides is 1. The molecule has 2 rings (SSSR count). The van der Waals surface area contributed by atoms with Crippen molar-refractivity contribution in [2.45, 2.75) is 6.10 Å². The van der Waals surface area contributed by atoms with Gasteiger partial charge in [0.1, 0.15) is 0 Å². The van der Waals surface area contributed by atoms with Crippen LogP contribution in [0.5, 0.6) is 0 Å². The molecule has 0 aliphatic carbocycles. The number of hydrogen-bond acceptors (Lipinski definition) is 4. The fourth-order valence-electron chi connectivity index (χ4n) is 1.90. The van der Waals surface area contributed by atoms with Crippen LogP contribution in [0.2, 0.25) is 0 Å². The Morgan fingerprint density at radius 3 is 2.94 bits per heavy atom. The zero-order valence-corrected chi connectivity index (χ0v) is 11.8. The second kappa shape index (κ2) is 5.26. The molecular weight excluding hydrogens is 300 g/mol. The van der Waals surface area contributed by atoms with Crippen LogP contribution in [0.3, 0.4) is 0 Å². The van der Waals surface area contributed by atoms with Gasteiger partial charge >= 0.3 is 0 Å². The highest BCUT2D eigenvalue weighted by Crippen LogP contribution is 2.38. The molecule has 5 nitrogen and oxygen atoms in total. The summed E-state index contributed by atoms with van der Waals surface area (Å²) in [6, 6.07) is 3.62. The Labute approximate surface area is 114 Å². The number of nitrogens with one attached hydrogen (secondary N) is 1. The average molecular weight is 315 g/mol. The van der Waals surface area contributed by atoms with Gasteiger partial charge in [-0.2, -0.15) is 0 Å². The molecule has 1 aliphatic rings. The van der Waals surface area contributed by atoms with Gasteiger partial charge in [-0.3, -0.25) is 4.79 Å². The van der Waals surface area contributed by atoms with Crippen molar-refractivity contribution in [3.05, 3.63) is 22.2 Å². The summed E-state index contributed by atoms with van der Waals surface area (Å²) in [5.74, 6) is -0.381. The third-order valence-electron chi connectivity index (χ3n) is 2.96. The number of methoxy groups -OCH3 is 1. The monoisotopic (exact) mass is 314 g/mol. The first-order valence-corrected chi connectivity index (χ1v) is 6.36. The van der Waals surface area contributed by atoms with Crippen LogP contribution in [0.4, 0.5) is 11.4 Å². The minimum absolute atomic E-state index is 0.381. The summed E-state index contributed by atoms with van der Waals surface area (Å²) in [6.07, 6.45) is -1.07. The quantitative estimate of drug-likeness (QED) is 0.884. The van der Waals surface area contributed by atoms with E-state index < -0.39 is 6.10 Å². The maximum Gasteiger partial charge on any atom is 0.257 e. The van der Waals surface area contributed by atoms with E-state index in [0.29, 0.717) is 17.9 Å². The summed E-state index contributed by atoms with van der Waals surface area (Å²) in [4.78, 5) is 13.4. The van der Waals surface area contributed by atoms with E-state index in [9.17, 15) is 9.90 Å². The molecule has 0 bridgehead atoms. The van der Waals surface area contributed by atoms with Gasteiger partial charge in [0.2, 0.25) is 0 Å². The summed E-state index contributed by atoms with van der Waals surface area (Å²) in [6.45, 7) is 1.36. The van der Waals surface area contributed by atoms with Crippen molar-refractivity contribution in [2.24, 2.45) is 0 Å². The van der Waals surface area contributed by atoms with Gasteiger partial charge < -0.3 is 20.1 Å². The summed E-state index contributed by atoms with van der Waals surface area (Å²) in [5.41, 5.74) is 2.21. The van der Waals surface area contributed by atoms with E-state index >= 15 is 0 Å². The molecule has 0 saturated carbocycles. The molecule has 0 aromatic heterocycles. The van der Waals surface area contributed by atoms with Crippen molar-refractivity contribution in [2.75, 3.05) is 37.5 Å². The maximum absolute atomic E-state index is 11.4. The van der Waals surface area contributed by atoms with Crippen molar-refractivity contribution < 1.29 is 14.6 Å². The fraction of sp³-hybridized carbons (Fsp3) is 0.417. The lowest BCUT2D eigenvalue weighted by molar-refractivity contribution is -0.123. The SMILES string of the molecule is COCCN(C)c1cc2c(cc1Br)C(O)C(=O)N2. The first-order chi connectivity index (χ1) is 8.54. The predicted octanol–water partition coefficient (Wildman–Crippen LogP) is 1.52. The Morgan fingerprint density at radius 2 is 2.28 bits per heavy atom. The molecule has 1 aromatic rings. The average Bonchev–Trinajstić information content (AvgIpc) is 2.62. The van der Waals surface area contributed by atoms with Crippen LogP contribution in [0.1, 0.15) is 11.7 Å². The van der Waals surface area contributed by atoms with E-state index in [1.807, 2.05) is 18.0 Å². The predicted molar refractivity (Wildman–Crippen MR) is 72.9 cm³/mol. The molecule has 0 saturated heterocycles. The number of fused-ring (bicyclic) bond motifs is 1. The highest BCUT2D eigenvalue weighted by atomic mass is 79.9. The van der Waals surface area contributed by atoms with Crippen molar-refractivity contribution in [3.63, 3.8) is 0 Å². The summed E-state index contributed by atoms with van der Waals surface area (Å²) < 4.78 is 5.88. The highest BCUT2D eigenvalue weighted by molar-refractivity contribution is 9.10. The summed E-state index contributed by atoms with van der Waals surface area (Å²) >= 11 is 3.46. The second-order valence-corrected chi connectivity index (χ2v) is 5.05. The molecule has 1 heterocycles. The molecule has 18 heavy (non-hydrogen) atoms. The normalized spacial score (nSPS) is 17.6. The minimum atomic E-state index is -1.07. The lowest BCUT2D eigenvalue weighted by atomic mass is 10.1. The van der Waals surface area contributed by atoms with Crippen LogP contribution < -0.4 is 10.2 Å². The lowest BCUT2D eigenvalue weighted by Crippen LogP contribution is -2.22. The zero-order chi connectivity index (χ0) is 13.3. The molecule has 98 valence electrons. The molecule has 0 radical (unpaired) electrons. The first-order valence-electron chi connectivity index (χ1n) is 5.57. The standard InChI is InChI=1S/C12H15BrN2O3/c1-15(3-4-18-2)10-6-9-7(5-8(10)13)11(16)12(17)14-9/h5-6,11,16H,3-4H2,1-2H3,(H,14,17). The van der Waals surface area contributed by atoms with Crippen LogP contribution in [0.15, 0.2) is 16.6 Å². The topological polar surface area (TPSA) is 61.8 Å². The highest BCUT2D eigenvalue weighted by Gasteiger charge is 2.29. The molecule has 0 spiro atoms. The Balaban J connectivity index is 2.29. The number of aliphatic hydroxyl groups is 1. The third kappa shape index (κ3) is 2.36. The van der Waals surface area contributed by atoms with Gasteiger partial charge in [0.25, 0.3) is 5.91 Å².